The minimum atomic E-state index is -0.422. The molecule has 0 aliphatic carbocycles. The van der Waals surface area contributed by atoms with Crippen LogP contribution in [0.4, 0.5) is 0 Å². The molecular weight excluding hydrogens is 396 g/mol. The van der Waals surface area contributed by atoms with Crippen LogP contribution >= 0.6 is 15.9 Å². The van der Waals surface area contributed by atoms with E-state index in [0.29, 0.717) is 12.2 Å². The number of nitrogens with one attached hydrogen (secondary N) is 2. The van der Waals surface area contributed by atoms with Crippen LogP contribution in [-0.2, 0) is 6.54 Å². The number of aromatic nitrogens is 4. The van der Waals surface area contributed by atoms with Crippen LogP contribution < -0.4 is 21.8 Å². The molecule has 3 aromatic rings. The van der Waals surface area contributed by atoms with Gasteiger partial charge < -0.3 is 14.5 Å². The normalized spacial score (nSPS) is 12.1. The van der Waals surface area contributed by atoms with Gasteiger partial charge in [-0.2, -0.15) is 0 Å². The molecular formula is C19H19BrN4O2. The quantitative estimate of drug-likeness (QED) is 0.677. The molecule has 0 radical (unpaired) electrons. The number of hydrogen-bond acceptors (Lipinski definition) is 3. The molecule has 0 saturated carbocycles. The summed E-state index contributed by atoms with van der Waals surface area (Å²) < 4.78 is 3.08. The van der Waals surface area contributed by atoms with Crippen molar-refractivity contribution in [2.45, 2.75) is 26.3 Å². The molecule has 0 aliphatic heterocycles. The molecule has 1 aromatic carbocycles. The predicted octanol–water partition coefficient (Wildman–Crippen LogP) is 1.43. The van der Waals surface area contributed by atoms with E-state index in [1.54, 1.807) is 12.4 Å². The largest absolute Gasteiger partial charge is 0.329 e. The molecule has 2 heterocycles. The van der Waals surface area contributed by atoms with Crippen LogP contribution in [0.2, 0.25) is 0 Å². The molecule has 0 amide bonds. The first kappa shape index (κ1) is 18.1. The lowest BCUT2D eigenvalue weighted by Crippen LogP contribution is -2.46. The summed E-state index contributed by atoms with van der Waals surface area (Å²) in [4.78, 5) is 33.3. The Morgan fingerprint density at radius 2 is 1.96 bits per heavy atom. The molecule has 7 heteroatoms. The van der Waals surface area contributed by atoms with E-state index in [2.05, 4.69) is 55.9 Å². The van der Waals surface area contributed by atoms with Crippen LogP contribution in [0.15, 0.2) is 44.7 Å². The summed E-state index contributed by atoms with van der Waals surface area (Å²) in [6.07, 6.45) is 3.36. The van der Waals surface area contributed by atoms with Gasteiger partial charge in [0, 0.05) is 16.7 Å². The maximum atomic E-state index is 12.1. The molecule has 0 saturated heterocycles. The third kappa shape index (κ3) is 3.62. The highest BCUT2D eigenvalue weighted by Gasteiger charge is 2.14. The van der Waals surface area contributed by atoms with Crippen molar-refractivity contribution in [1.82, 2.24) is 19.5 Å². The first-order valence-electron chi connectivity index (χ1n) is 8.18. The molecule has 0 atom stereocenters. The number of H-pyrrole nitrogens is 2. The number of nitrogens with zero attached hydrogens (tertiary/aromatic N) is 2. The van der Waals surface area contributed by atoms with Gasteiger partial charge in [0.15, 0.2) is 0 Å². The van der Waals surface area contributed by atoms with Crippen molar-refractivity contribution in [2.75, 3.05) is 0 Å². The van der Waals surface area contributed by atoms with Gasteiger partial charge in [-0.1, -0.05) is 54.6 Å². The van der Waals surface area contributed by atoms with Crippen molar-refractivity contribution in [2.24, 2.45) is 0 Å². The Kier molecular flexibility index (Phi) is 5.08. The molecule has 3 rings (SSSR count). The Hall–Kier alpha value is -2.67. The van der Waals surface area contributed by atoms with Crippen molar-refractivity contribution in [3.05, 3.63) is 83.4 Å². The lowest BCUT2D eigenvalue weighted by molar-refractivity contribution is 0.689. The van der Waals surface area contributed by atoms with Crippen molar-refractivity contribution < 1.29 is 0 Å². The van der Waals surface area contributed by atoms with Gasteiger partial charge in [0.25, 0.3) is 11.1 Å². The Bertz CT molecular complexity index is 1170. The average Bonchev–Trinajstić information content (AvgIpc) is 2.97. The van der Waals surface area contributed by atoms with Crippen LogP contribution in [0, 0.1) is 0 Å². The van der Waals surface area contributed by atoms with Gasteiger partial charge in [0.05, 0.1) is 17.4 Å². The molecule has 0 aliphatic rings. The molecule has 134 valence electrons. The summed E-state index contributed by atoms with van der Waals surface area (Å²) in [6.45, 7) is 8.28. The van der Waals surface area contributed by atoms with E-state index < -0.39 is 11.1 Å². The summed E-state index contributed by atoms with van der Waals surface area (Å²) in [5.74, 6) is 0.184. The highest BCUT2D eigenvalue weighted by Crippen LogP contribution is 2.23. The maximum Gasteiger partial charge on any atom is 0.272 e. The smallest absolute Gasteiger partial charge is 0.272 e. The zero-order valence-corrected chi connectivity index (χ0v) is 16.1. The third-order valence-corrected chi connectivity index (χ3v) is 4.84. The number of rotatable bonds is 4. The fourth-order valence-corrected chi connectivity index (χ4v) is 3.25. The highest BCUT2D eigenvalue weighted by atomic mass is 79.9. The van der Waals surface area contributed by atoms with E-state index in [4.69, 9.17) is 0 Å². The zero-order chi connectivity index (χ0) is 18.8. The van der Waals surface area contributed by atoms with Crippen molar-refractivity contribution >= 4 is 28.6 Å². The van der Waals surface area contributed by atoms with E-state index in [-0.39, 0.29) is 16.6 Å². The van der Waals surface area contributed by atoms with Crippen LogP contribution in [-0.4, -0.2) is 19.5 Å². The summed E-state index contributed by atoms with van der Waals surface area (Å²) in [5.41, 5.74) is 1.95. The molecule has 0 spiro atoms. The Morgan fingerprint density at radius 1 is 1.23 bits per heavy atom. The molecule has 6 nitrogen and oxygen atoms in total. The second kappa shape index (κ2) is 7.29. The van der Waals surface area contributed by atoms with Crippen molar-refractivity contribution in [3.63, 3.8) is 0 Å². The standard InChI is InChI=1S/C19H19BrN4O2/c1-11(2)17-15(8-16-19(26)22-12(3)18(25)23-16)21-10-24(17)9-13-6-4-5-7-14(13)20/h4-8,10-11H,3,9H2,1-2H3,(H,22,26)(H,23,25). The molecule has 0 fully saturated rings. The summed E-state index contributed by atoms with van der Waals surface area (Å²) in [7, 11) is 0. The van der Waals surface area contributed by atoms with Gasteiger partial charge in [-0.05, 0) is 23.6 Å². The third-order valence-electron chi connectivity index (χ3n) is 4.07. The van der Waals surface area contributed by atoms with E-state index in [9.17, 15) is 9.59 Å². The van der Waals surface area contributed by atoms with Crippen LogP contribution in [0.25, 0.3) is 12.7 Å². The number of hydrogen-bond donors (Lipinski definition) is 2. The summed E-state index contributed by atoms with van der Waals surface area (Å²) >= 11 is 3.57. The van der Waals surface area contributed by atoms with Crippen LogP contribution in [0.5, 0.6) is 0 Å². The fourth-order valence-electron chi connectivity index (χ4n) is 2.84. The summed E-state index contributed by atoms with van der Waals surface area (Å²) in [5, 5.41) is 0.200. The zero-order valence-electron chi connectivity index (χ0n) is 14.5. The van der Waals surface area contributed by atoms with E-state index in [1.165, 1.54) is 0 Å². The minimum Gasteiger partial charge on any atom is -0.329 e. The van der Waals surface area contributed by atoms with Gasteiger partial charge >= 0.3 is 0 Å². The minimum absolute atomic E-state index is 0.0377. The maximum absolute atomic E-state index is 12.1. The lowest BCUT2D eigenvalue weighted by atomic mass is 10.1. The average molecular weight is 415 g/mol. The molecule has 2 N–H and O–H groups in total. The van der Waals surface area contributed by atoms with E-state index in [1.807, 2.05) is 24.3 Å². The number of halogens is 1. The highest BCUT2D eigenvalue weighted by molar-refractivity contribution is 9.10. The topological polar surface area (TPSA) is 83.5 Å². The van der Waals surface area contributed by atoms with Crippen LogP contribution in [0.1, 0.15) is 36.7 Å². The Balaban J connectivity index is 2.12. The number of aromatic amines is 2. The number of benzene rings is 1. The van der Waals surface area contributed by atoms with E-state index >= 15 is 0 Å². The van der Waals surface area contributed by atoms with Crippen molar-refractivity contribution in [1.29, 1.82) is 0 Å². The van der Waals surface area contributed by atoms with Crippen LogP contribution in [0.3, 0.4) is 0 Å². The second-order valence-corrected chi connectivity index (χ2v) is 7.19. The Morgan fingerprint density at radius 3 is 2.65 bits per heavy atom. The van der Waals surface area contributed by atoms with E-state index in [0.717, 1.165) is 15.7 Å². The first-order chi connectivity index (χ1) is 12.4. The van der Waals surface area contributed by atoms with Gasteiger partial charge in [0.1, 0.15) is 5.35 Å². The summed E-state index contributed by atoms with van der Waals surface area (Å²) in [6, 6.07) is 8.01. The lowest BCUT2D eigenvalue weighted by Gasteiger charge is -2.13. The van der Waals surface area contributed by atoms with Gasteiger partial charge in [-0.3, -0.25) is 9.59 Å². The number of imidazole rings is 1. The Labute approximate surface area is 158 Å². The predicted molar refractivity (Wildman–Crippen MR) is 106 cm³/mol. The van der Waals surface area contributed by atoms with Gasteiger partial charge in [-0.15, -0.1) is 0 Å². The fraction of sp³-hybridized carbons (Fsp3) is 0.211. The second-order valence-electron chi connectivity index (χ2n) is 6.33. The van der Waals surface area contributed by atoms with Gasteiger partial charge in [-0.25, -0.2) is 4.98 Å². The molecule has 2 aromatic heterocycles. The van der Waals surface area contributed by atoms with Crippen molar-refractivity contribution in [3.8, 4) is 0 Å². The first-order valence-corrected chi connectivity index (χ1v) is 8.98. The van der Waals surface area contributed by atoms with Gasteiger partial charge in [0.2, 0.25) is 0 Å². The SMILES string of the molecule is C=c1[nH]c(=O)c(=Cc2ncn(Cc3ccccc3Br)c2C(C)C)[nH]c1=O. The monoisotopic (exact) mass is 414 g/mol. The molecule has 0 bridgehead atoms. The molecule has 0 unspecified atom stereocenters. The molecule has 26 heavy (non-hydrogen) atoms.